The van der Waals surface area contributed by atoms with Crippen molar-refractivity contribution in [1.29, 1.82) is 0 Å². The molecule has 5 nitrogen and oxygen atoms in total. The molecule has 7 heteroatoms. The first-order chi connectivity index (χ1) is 10.0. The number of hydrogen-bond acceptors (Lipinski definition) is 5. The Morgan fingerprint density at radius 2 is 2.05 bits per heavy atom. The molecule has 0 amide bonds. The molecule has 0 aliphatic heterocycles. The van der Waals surface area contributed by atoms with Crippen molar-refractivity contribution in [2.45, 2.75) is 0 Å². The lowest BCUT2D eigenvalue weighted by molar-refractivity contribution is 0.0697. The summed E-state index contributed by atoms with van der Waals surface area (Å²) in [6, 6.07) is 7.69. The van der Waals surface area contributed by atoms with Crippen LogP contribution in [-0.2, 0) is 0 Å². The average Bonchev–Trinajstić information content (AvgIpc) is 2.46. The summed E-state index contributed by atoms with van der Waals surface area (Å²) in [6.45, 7) is 0. The Balaban J connectivity index is 2.23. The highest BCUT2D eigenvalue weighted by atomic mass is 35.5. The highest BCUT2D eigenvalue weighted by Crippen LogP contribution is 2.27. The third-order valence-corrected chi connectivity index (χ3v) is 4.10. The molecule has 104 valence electrons. The second kappa shape index (κ2) is 5.23. The van der Waals surface area contributed by atoms with E-state index in [1.165, 1.54) is 29.7 Å². The summed E-state index contributed by atoms with van der Waals surface area (Å²) in [4.78, 5) is 31.0. The number of pyridine rings is 1. The maximum atomic E-state index is 12.0. The van der Waals surface area contributed by atoms with Crippen molar-refractivity contribution < 1.29 is 9.90 Å². The molecule has 0 atom stereocenters. The Morgan fingerprint density at radius 3 is 2.81 bits per heavy atom. The van der Waals surface area contributed by atoms with Gasteiger partial charge in [-0.05, 0) is 30.3 Å². The van der Waals surface area contributed by atoms with Gasteiger partial charge >= 0.3 is 5.97 Å². The summed E-state index contributed by atoms with van der Waals surface area (Å²) in [7, 11) is 0. The van der Waals surface area contributed by atoms with Gasteiger partial charge in [0.1, 0.15) is 5.01 Å². The lowest BCUT2D eigenvalue weighted by atomic mass is 10.2. The van der Waals surface area contributed by atoms with E-state index in [0.717, 1.165) is 0 Å². The van der Waals surface area contributed by atoms with Gasteiger partial charge in [0.15, 0.2) is 0 Å². The molecule has 0 saturated carbocycles. The molecular formula is C14H7ClN2O3S. The zero-order valence-corrected chi connectivity index (χ0v) is 12.0. The first kappa shape index (κ1) is 13.7. The van der Waals surface area contributed by atoms with Gasteiger partial charge < -0.3 is 5.11 Å². The zero-order valence-electron chi connectivity index (χ0n) is 10.4. The molecule has 0 fully saturated rings. The molecule has 0 spiro atoms. The van der Waals surface area contributed by atoms with Gasteiger partial charge in [-0.2, -0.15) is 4.98 Å². The predicted molar refractivity (Wildman–Crippen MR) is 81.1 cm³/mol. The van der Waals surface area contributed by atoms with Gasteiger partial charge in [-0.15, -0.1) is 11.3 Å². The Labute approximate surface area is 127 Å². The summed E-state index contributed by atoms with van der Waals surface area (Å²) in [6.07, 6.45) is 1.37. The Bertz CT molecular complexity index is 923. The van der Waals surface area contributed by atoms with Gasteiger partial charge in [-0.1, -0.05) is 11.6 Å². The summed E-state index contributed by atoms with van der Waals surface area (Å²) in [5.74, 6) is -1.06. The minimum absolute atomic E-state index is 0.0904. The smallest absolute Gasteiger partial charge is 0.335 e. The predicted octanol–water partition coefficient (Wildman–Crippen LogP) is 3.07. The molecule has 2 aromatic heterocycles. The third kappa shape index (κ3) is 2.63. The van der Waals surface area contributed by atoms with Crippen LogP contribution in [0.3, 0.4) is 0 Å². The molecule has 0 unspecified atom stereocenters. The maximum absolute atomic E-state index is 12.0. The molecular weight excluding hydrogens is 312 g/mol. The van der Waals surface area contributed by atoms with Crippen LogP contribution in [0.5, 0.6) is 0 Å². The maximum Gasteiger partial charge on any atom is 0.335 e. The molecule has 21 heavy (non-hydrogen) atoms. The molecule has 3 rings (SSSR count). The van der Waals surface area contributed by atoms with Crippen molar-refractivity contribution >= 4 is 39.0 Å². The topological polar surface area (TPSA) is 80.2 Å². The number of hydrogen-bond donors (Lipinski definition) is 1. The number of benzene rings is 1. The number of rotatable bonds is 2. The van der Waals surface area contributed by atoms with Crippen LogP contribution in [0.15, 0.2) is 41.3 Å². The molecule has 0 aliphatic carbocycles. The second-order valence-corrected chi connectivity index (χ2v) is 5.67. The van der Waals surface area contributed by atoms with E-state index in [1.54, 1.807) is 18.2 Å². The van der Waals surface area contributed by atoms with Crippen molar-refractivity contribution in [1.82, 2.24) is 9.97 Å². The summed E-state index contributed by atoms with van der Waals surface area (Å²) in [5, 5.41) is 10.3. The highest BCUT2D eigenvalue weighted by molar-refractivity contribution is 7.21. The van der Waals surface area contributed by atoms with Crippen LogP contribution in [0.4, 0.5) is 0 Å². The van der Waals surface area contributed by atoms with Crippen molar-refractivity contribution in [3.05, 3.63) is 57.5 Å². The van der Waals surface area contributed by atoms with Gasteiger partial charge in [0, 0.05) is 15.9 Å². The van der Waals surface area contributed by atoms with Gasteiger partial charge in [-0.3, -0.25) is 9.78 Å². The third-order valence-electron chi connectivity index (χ3n) is 2.81. The molecule has 0 bridgehead atoms. The normalized spacial score (nSPS) is 10.7. The number of carboxylic acid groups (broad SMARTS) is 1. The van der Waals surface area contributed by atoms with E-state index >= 15 is 0 Å². The SMILES string of the molecule is O=C(O)c1ccnc(-c2nc(=O)c3ccc(Cl)cc3s2)c1. The molecule has 3 aromatic rings. The van der Waals surface area contributed by atoms with E-state index in [4.69, 9.17) is 16.7 Å². The van der Waals surface area contributed by atoms with Crippen LogP contribution < -0.4 is 5.56 Å². The monoisotopic (exact) mass is 318 g/mol. The first-order valence-electron chi connectivity index (χ1n) is 5.85. The number of carboxylic acids is 1. The van der Waals surface area contributed by atoms with E-state index < -0.39 is 11.5 Å². The quantitative estimate of drug-likeness (QED) is 0.785. The minimum Gasteiger partial charge on any atom is -0.478 e. The number of halogens is 1. The molecule has 0 saturated heterocycles. The van der Waals surface area contributed by atoms with Crippen molar-refractivity contribution in [3.63, 3.8) is 0 Å². The average molecular weight is 319 g/mol. The van der Waals surface area contributed by atoms with E-state index in [0.29, 0.717) is 25.8 Å². The number of fused-ring (bicyclic) bond motifs is 1. The minimum atomic E-state index is -1.06. The second-order valence-electron chi connectivity index (χ2n) is 4.20. The zero-order chi connectivity index (χ0) is 15.0. The van der Waals surface area contributed by atoms with Crippen LogP contribution in [-0.4, -0.2) is 21.0 Å². The number of aromatic carboxylic acids is 1. The Kier molecular flexibility index (Phi) is 3.40. The number of aromatic nitrogens is 2. The fourth-order valence-corrected chi connectivity index (χ4v) is 3.07. The number of carbonyl (C=O) groups is 1. The van der Waals surface area contributed by atoms with Crippen molar-refractivity contribution in [2.24, 2.45) is 0 Å². The van der Waals surface area contributed by atoms with Gasteiger partial charge in [-0.25, -0.2) is 4.79 Å². The van der Waals surface area contributed by atoms with Crippen molar-refractivity contribution in [3.8, 4) is 10.7 Å². The highest BCUT2D eigenvalue weighted by Gasteiger charge is 2.11. The van der Waals surface area contributed by atoms with Gasteiger partial charge in [0.05, 0.1) is 16.6 Å². The molecule has 0 aliphatic rings. The van der Waals surface area contributed by atoms with Crippen LogP contribution in [0.25, 0.3) is 20.8 Å². The van der Waals surface area contributed by atoms with E-state index in [1.807, 2.05) is 0 Å². The molecule has 0 radical (unpaired) electrons. The molecule has 1 aromatic carbocycles. The van der Waals surface area contributed by atoms with E-state index in [-0.39, 0.29) is 5.56 Å². The lowest BCUT2D eigenvalue weighted by Crippen LogP contribution is -2.06. The van der Waals surface area contributed by atoms with Crippen LogP contribution in [0, 0.1) is 0 Å². The first-order valence-corrected chi connectivity index (χ1v) is 7.04. The Hall–Kier alpha value is -2.31. The molecule has 1 N–H and O–H groups in total. The fraction of sp³-hybridized carbons (Fsp3) is 0. The number of nitrogens with zero attached hydrogens (tertiary/aromatic N) is 2. The standard InChI is InChI=1S/C14H7ClN2O3S/c15-8-1-2-9-11(6-8)21-13(17-12(9)18)10-5-7(14(19)20)3-4-16-10/h1-6H,(H,19,20). The summed E-state index contributed by atoms with van der Waals surface area (Å²) >= 11 is 7.16. The fourth-order valence-electron chi connectivity index (χ4n) is 1.83. The van der Waals surface area contributed by atoms with Gasteiger partial charge in [0.2, 0.25) is 0 Å². The largest absolute Gasteiger partial charge is 0.478 e. The van der Waals surface area contributed by atoms with Crippen LogP contribution in [0.2, 0.25) is 5.02 Å². The summed E-state index contributed by atoms with van der Waals surface area (Å²) in [5.41, 5.74) is 0.0458. The molecule has 2 heterocycles. The van der Waals surface area contributed by atoms with E-state index in [2.05, 4.69) is 9.97 Å². The van der Waals surface area contributed by atoms with Crippen molar-refractivity contribution in [2.75, 3.05) is 0 Å². The summed E-state index contributed by atoms with van der Waals surface area (Å²) < 4.78 is 0.681. The van der Waals surface area contributed by atoms with E-state index in [9.17, 15) is 9.59 Å². The van der Waals surface area contributed by atoms with Crippen LogP contribution in [0.1, 0.15) is 10.4 Å². The van der Waals surface area contributed by atoms with Gasteiger partial charge in [0.25, 0.3) is 5.56 Å². The Morgan fingerprint density at radius 1 is 1.24 bits per heavy atom. The lowest BCUT2D eigenvalue weighted by Gasteiger charge is -2.02. The van der Waals surface area contributed by atoms with Crippen LogP contribution >= 0.6 is 22.9 Å².